The summed E-state index contributed by atoms with van der Waals surface area (Å²) in [6.07, 6.45) is 0. The van der Waals surface area contributed by atoms with Crippen molar-refractivity contribution < 1.29 is 19.0 Å². The first-order chi connectivity index (χ1) is 9.47. The van der Waals surface area contributed by atoms with Gasteiger partial charge in [0.05, 0.1) is 5.02 Å². The molecule has 20 heavy (non-hydrogen) atoms. The fraction of sp³-hybridized carbons (Fsp3) is 0.0714. The predicted octanol–water partition coefficient (Wildman–Crippen LogP) is 4.41. The molecule has 0 fully saturated rings. The molecule has 6 heteroatoms. The van der Waals surface area contributed by atoms with Gasteiger partial charge in [-0.25, -0.2) is 9.18 Å². The van der Waals surface area contributed by atoms with Crippen molar-refractivity contribution in [3.8, 4) is 5.75 Å². The highest BCUT2D eigenvalue weighted by atomic mass is 35.5. The third-order valence-corrected chi connectivity index (χ3v) is 3.03. The van der Waals surface area contributed by atoms with E-state index in [1.165, 1.54) is 24.3 Å². The van der Waals surface area contributed by atoms with Crippen molar-refractivity contribution in [2.75, 3.05) is 0 Å². The van der Waals surface area contributed by atoms with Crippen molar-refractivity contribution in [3.05, 3.63) is 63.4 Å². The van der Waals surface area contributed by atoms with E-state index in [1.807, 2.05) is 0 Å². The summed E-state index contributed by atoms with van der Waals surface area (Å²) in [5.41, 5.74) is 0.568. The van der Waals surface area contributed by atoms with Gasteiger partial charge in [-0.3, -0.25) is 0 Å². The number of carboxylic acid groups (broad SMARTS) is 1. The Labute approximate surface area is 124 Å². The van der Waals surface area contributed by atoms with Crippen LogP contribution in [0.4, 0.5) is 4.39 Å². The third kappa shape index (κ3) is 3.40. The Bertz CT molecular complexity index is 642. The van der Waals surface area contributed by atoms with Crippen molar-refractivity contribution in [2.45, 2.75) is 6.61 Å². The Morgan fingerprint density at radius 1 is 1.20 bits per heavy atom. The van der Waals surface area contributed by atoms with Crippen LogP contribution >= 0.6 is 23.2 Å². The van der Waals surface area contributed by atoms with E-state index in [9.17, 15) is 9.18 Å². The quantitative estimate of drug-likeness (QED) is 0.909. The number of carbonyl (C=O) groups is 1. The second kappa shape index (κ2) is 6.11. The van der Waals surface area contributed by atoms with E-state index in [4.69, 9.17) is 33.0 Å². The molecule has 0 aliphatic heterocycles. The summed E-state index contributed by atoms with van der Waals surface area (Å²) in [4.78, 5) is 11.1. The van der Waals surface area contributed by atoms with Gasteiger partial charge >= 0.3 is 5.97 Å². The number of rotatable bonds is 4. The molecule has 2 rings (SSSR count). The van der Waals surface area contributed by atoms with Gasteiger partial charge in [0.15, 0.2) is 5.75 Å². The number of hydrogen-bond donors (Lipinski definition) is 1. The van der Waals surface area contributed by atoms with Gasteiger partial charge in [0.1, 0.15) is 18.0 Å². The van der Waals surface area contributed by atoms with Crippen LogP contribution in [0.25, 0.3) is 0 Å². The molecule has 0 bridgehead atoms. The lowest BCUT2D eigenvalue weighted by Gasteiger charge is -2.11. The highest BCUT2D eigenvalue weighted by molar-refractivity contribution is 6.36. The molecule has 104 valence electrons. The number of benzene rings is 2. The Balaban J connectivity index is 2.24. The van der Waals surface area contributed by atoms with Gasteiger partial charge in [-0.15, -0.1) is 0 Å². The molecule has 3 nitrogen and oxygen atoms in total. The highest BCUT2D eigenvalue weighted by Crippen LogP contribution is 2.33. The van der Waals surface area contributed by atoms with Crippen LogP contribution in [0.3, 0.4) is 0 Å². The molecule has 0 saturated heterocycles. The highest BCUT2D eigenvalue weighted by Gasteiger charge is 2.16. The van der Waals surface area contributed by atoms with Crippen molar-refractivity contribution >= 4 is 29.2 Å². The number of carboxylic acids is 1. The van der Waals surface area contributed by atoms with Gasteiger partial charge in [-0.05, 0) is 29.8 Å². The second-order valence-corrected chi connectivity index (χ2v) is 4.83. The molecule has 2 aromatic rings. The fourth-order valence-corrected chi connectivity index (χ4v) is 2.15. The molecular weight excluding hydrogens is 306 g/mol. The molecule has 0 heterocycles. The zero-order valence-corrected chi connectivity index (χ0v) is 11.6. The van der Waals surface area contributed by atoms with Crippen LogP contribution in [0, 0.1) is 5.82 Å². The van der Waals surface area contributed by atoms with Gasteiger partial charge in [-0.1, -0.05) is 35.3 Å². The molecule has 0 saturated carbocycles. The Hall–Kier alpha value is -1.78. The number of hydrogen-bond acceptors (Lipinski definition) is 2. The summed E-state index contributed by atoms with van der Waals surface area (Å²) in [6, 6.07) is 8.32. The van der Waals surface area contributed by atoms with Crippen LogP contribution in [-0.4, -0.2) is 11.1 Å². The number of halogens is 3. The van der Waals surface area contributed by atoms with Gasteiger partial charge in [0, 0.05) is 5.02 Å². The molecular formula is C14H9Cl2FO3. The van der Waals surface area contributed by atoms with E-state index >= 15 is 0 Å². The molecule has 0 aliphatic rings. The molecule has 1 N–H and O–H groups in total. The standard InChI is InChI=1S/C14H9Cl2FO3/c15-9-5-11(14(18)19)13(12(16)6-9)20-7-8-1-3-10(17)4-2-8/h1-6H,7H2,(H,18,19). The van der Waals surface area contributed by atoms with Gasteiger partial charge in [0.25, 0.3) is 0 Å². The maximum atomic E-state index is 12.8. The summed E-state index contributed by atoms with van der Waals surface area (Å²) >= 11 is 11.7. The molecule has 0 spiro atoms. The van der Waals surface area contributed by atoms with Crippen LogP contribution in [-0.2, 0) is 6.61 Å². The van der Waals surface area contributed by atoms with E-state index in [-0.39, 0.29) is 33.8 Å². The predicted molar refractivity (Wildman–Crippen MR) is 74.2 cm³/mol. The largest absolute Gasteiger partial charge is 0.486 e. The third-order valence-electron chi connectivity index (χ3n) is 2.54. The average Bonchev–Trinajstić information content (AvgIpc) is 2.38. The first-order valence-corrected chi connectivity index (χ1v) is 6.32. The molecule has 0 aliphatic carbocycles. The summed E-state index contributed by atoms with van der Waals surface area (Å²) in [6.45, 7) is 0.0713. The second-order valence-electron chi connectivity index (χ2n) is 3.98. The summed E-state index contributed by atoms with van der Waals surface area (Å²) in [7, 11) is 0. The summed E-state index contributed by atoms with van der Waals surface area (Å²) in [5, 5.41) is 9.42. The monoisotopic (exact) mass is 314 g/mol. The average molecular weight is 315 g/mol. The number of ether oxygens (including phenoxy) is 1. The number of aromatic carboxylic acids is 1. The van der Waals surface area contributed by atoms with Crippen LogP contribution in [0.1, 0.15) is 15.9 Å². The maximum absolute atomic E-state index is 12.8. The van der Waals surface area contributed by atoms with E-state index in [0.29, 0.717) is 5.56 Å². The van der Waals surface area contributed by atoms with Gasteiger partial charge in [0.2, 0.25) is 0 Å². The molecule has 0 unspecified atom stereocenters. The Kier molecular flexibility index (Phi) is 4.47. The van der Waals surface area contributed by atoms with Crippen molar-refractivity contribution in [2.24, 2.45) is 0 Å². The molecule has 2 aromatic carbocycles. The van der Waals surface area contributed by atoms with E-state index < -0.39 is 5.97 Å². The summed E-state index contributed by atoms with van der Waals surface area (Å²) in [5.74, 6) is -1.51. The first kappa shape index (κ1) is 14.6. The minimum atomic E-state index is -1.19. The van der Waals surface area contributed by atoms with Crippen molar-refractivity contribution in [1.82, 2.24) is 0 Å². The normalized spacial score (nSPS) is 10.3. The SMILES string of the molecule is O=C(O)c1cc(Cl)cc(Cl)c1OCc1ccc(F)cc1. The zero-order valence-electron chi connectivity index (χ0n) is 10.1. The van der Waals surface area contributed by atoms with Crippen molar-refractivity contribution in [3.63, 3.8) is 0 Å². The Morgan fingerprint density at radius 2 is 1.85 bits per heavy atom. The zero-order chi connectivity index (χ0) is 14.7. The topological polar surface area (TPSA) is 46.5 Å². The van der Waals surface area contributed by atoms with E-state index in [1.54, 1.807) is 12.1 Å². The smallest absolute Gasteiger partial charge is 0.339 e. The maximum Gasteiger partial charge on any atom is 0.339 e. The molecule has 0 aromatic heterocycles. The van der Waals surface area contributed by atoms with Crippen LogP contribution in [0.2, 0.25) is 10.0 Å². The lowest BCUT2D eigenvalue weighted by Crippen LogP contribution is -2.04. The summed E-state index contributed by atoms with van der Waals surface area (Å²) < 4.78 is 18.2. The van der Waals surface area contributed by atoms with Crippen LogP contribution < -0.4 is 4.74 Å². The molecule has 0 atom stereocenters. The van der Waals surface area contributed by atoms with E-state index in [2.05, 4.69) is 0 Å². The minimum Gasteiger partial charge on any atom is -0.486 e. The van der Waals surface area contributed by atoms with Crippen molar-refractivity contribution in [1.29, 1.82) is 0 Å². The van der Waals surface area contributed by atoms with Crippen LogP contribution in [0.15, 0.2) is 36.4 Å². The van der Waals surface area contributed by atoms with Crippen LogP contribution in [0.5, 0.6) is 5.75 Å². The lowest BCUT2D eigenvalue weighted by atomic mass is 10.2. The first-order valence-electron chi connectivity index (χ1n) is 5.57. The van der Waals surface area contributed by atoms with E-state index in [0.717, 1.165) is 0 Å². The fourth-order valence-electron chi connectivity index (χ4n) is 1.60. The molecule has 0 radical (unpaired) electrons. The molecule has 0 amide bonds. The van der Waals surface area contributed by atoms with Gasteiger partial charge < -0.3 is 9.84 Å². The van der Waals surface area contributed by atoms with Gasteiger partial charge in [-0.2, -0.15) is 0 Å². The minimum absolute atomic E-state index is 0.0351. The lowest BCUT2D eigenvalue weighted by molar-refractivity contribution is 0.0691. The Morgan fingerprint density at radius 3 is 2.45 bits per heavy atom.